The molecule has 10 nitrogen and oxygen atoms in total. The van der Waals surface area contributed by atoms with E-state index < -0.39 is 22.1 Å². The van der Waals surface area contributed by atoms with Crippen LogP contribution in [0.3, 0.4) is 0 Å². The van der Waals surface area contributed by atoms with E-state index in [1.807, 2.05) is 35.2 Å². The van der Waals surface area contributed by atoms with Gasteiger partial charge in [0.1, 0.15) is 6.61 Å². The highest BCUT2D eigenvalue weighted by molar-refractivity contribution is 7.92. The summed E-state index contributed by atoms with van der Waals surface area (Å²) in [6.45, 7) is 1.10. The number of carbonyl (C=O) groups excluding carboxylic acids is 1. The summed E-state index contributed by atoms with van der Waals surface area (Å²) in [6, 6.07) is 13.7. The maximum Gasteiger partial charge on any atom is 0.407 e. The number of aromatic carboxylic acids is 1. The van der Waals surface area contributed by atoms with Crippen molar-refractivity contribution in [2.45, 2.75) is 25.2 Å². The molecule has 1 aliphatic heterocycles. The summed E-state index contributed by atoms with van der Waals surface area (Å²) >= 11 is 0. The largest absolute Gasteiger partial charge is 0.478 e. The summed E-state index contributed by atoms with van der Waals surface area (Å²) < 4.78 is 35.6. The fourth-order valence-corrected chi connectivity index (χ4v) is 4.33. The first-order valence-corrected chi connectivity index (χ1v) is 12.5. The summed E-state index contributed by atoms with van der Waals surface area (Å²) in [7, 11) is -0.762. The molecule has 1 amide bonds. The highest BCUT2D eigenvalue weighted by Crippen LogP contribution is 2.29. The van der Waals surface area contributed by atoms with Gasteiger partial charge in [0.25, 0.3) is 0 Å². The SMILES string of the molecule is CO[C@H]1CN(c2ccc(N(C)S(C)(=O)=O)c(C(=O)O)c2)CC[C@H]1NC(=O)OCc1ccccc1. The molecule has 0 bridgehead atoms. The smallest absolute Gasteiger partial charge is 0.407 e. The van der Waals surface area contributed by atoms with Crippen LogP contribution in [0.15, 0.2) is 48.5 Å². The Morgan fingerprint density at radius 1 is 1.21 bits per heavy atom. The fourth-order valence-electron chi connectivity index (χ4n) is 3.82. The van der Waals surface area contributed by atoms with E-state index in [9.17, 15) is 23.1 Å². The van der Waals surface area contributed by atoms with Crippen molar-refractivity contribution in [2.24, 2.45) is 0 Å². The van der Waals surface area contributed by atoms with E-state index in [1.54, 1.807) is 13.2 Å². The van der Waals surface area contributed by atoms with Crippen molar-refractivity contribution < 1.29 is 32.6 Å². The molecule has 1 heterocycles. The minimum absolute atomic E-state index is 0.0831. The van der Waals surface area contributed by atoms with Gasteiger partial charge in [-0.1, -0.05) is 30.3 Å². The van der Waals surface area contributed by atoms with E-state index in [0.717, 1.165) is 16.1 Å². The van der Waals surface area contributed by atoms with Crippen LogP contribution in [-0.4, -0.2) is 71.2 Å². The Labute approximate surface area is 199 Å². The number of anilines is 2. The molecule has 1 fully saturated rings. The van der Waals surface area contributed by atoms with Crippen molar-refractivity contribution in [3.8, 4) is 0 Å². The normalized spacial score (nSPS) is 18.3. The van der Waals surface area contributed by atoms with Crippen molar-refractivity contribution in [1.29, 1.82) is 0 Å². The highest BCUT2D eigenvalue weighted by Gasteiger charge is 2.32. The molecular formula is C23H29N3O7S. The Hall–Kier alpha value is -3.31. The van der Waals surface area contributed by atoms with Gasteiger partial charge in [-0.25, -0.2) is 18.0 Å². The average Bonchev–Trinajstić information content (AvgIpc) is 2.82. The number of nitrogens with zero attached hydrogens (tertiary/aromatic N) is 2. The molecule has 11 heteroatoms. The summed E-state index contributed by atoms with van der Waals surface area (Å²) in [4.78, 5) is 26.0. The van der Waals surface area contributed by atoms with Crippen LogP contribution < -0.4 is 14.5 Å². The van der Waals surface area contributed by atoms with Crippen LogP contribution in [0.5, 0.6) is 0 Å². The number of methoxy groups -OCH3 is 1. The minimum Gasteiger partial charge on any atom is -0.478 e. The number of alkyl carbamates (subject to hydrolysis) is 1. The number of piperidine rings is 1. The van der Waals surface area contributed by atoms with E-state index >= 15 is 0 Å². The number of amides is 1. The number of nitrogens with one attached hydrogen (secondary N) is 1. The van der Waals surface area contributed by atoms with Crippen LogP contribution in [-0.2, 0) is 26.1 Å². The number of sulfonamides is 1. The van der Waals surface area contributed by atoms with E-state index in [2.05, 4.69) is 5.32 Å². The van der Waals surface area contributed by atoms with Gasteiger partial charge in [-0.15, -0.1) is 0 Å². The number of hydrogen-bond donors (Lipinski definition) is 2. The number of ether oxygens (including phenoxy) is 2. The molecule has 0 aliphatic carbocycles. The molecule has 34 heavy (non-hydrogen) atoms. The molecule has 184 valence electrons. The quantitative estimate of drug-likeness (QED) is 0.576. The third kappa shape index (κ3) is 6.17. The molecule has 2 atom stereocenters. The van der Waals surface area contributed by atoms with Crippen molar-refractivity contribution >= 4 is 33.5 Å². The average molecular weight is 492 g/mol. The molecule has 1 aliphatic rings. The Balaban J connectivity index is 1.67. The van der Waals surface area contributed by atoms with Crippen LogP contribution in [0.2, 0.25) is 0 Å². The monoisotopic (exact) mass is 491 g/mol. The van der Waals surface area contributed by atoms with Crippen molar-refractivity contribution in [2.75, 3.05) is 42.7 Å². The van der Waals surface area contributed by atoms with Gasteiger partial charge in [0.2, 0.25) is 10.0 Å². The lowest BCUT2D eigenvalue weighted by atomic mass is 10.0. The van der Waals surface area contributed by atoms with Gasteiger partial charge in [-0.3, -0.25) is 4.31 Å². The number of hydrogen-bond acceptors (Lipinski definition) is 7. The molecule has 2 N–H and O–H groups in total. The number of carbonyl (C=O) groups is 2. The van der Waals surface area contributed by atoms with Crippen molar-refractivity contribution in [3.05, 3.63) is 59.7 Å². The van der Waals surface area contributed by atoms with E-state index in [-0.39, 0.29) is 30.0 Å². The van der Waals surface area contributed by atoms with E-state index in [1.165, 1.54) is 19.2 Å². The minimum atomic E-state index is -3.62. The van der Waals surface area contributed by atoms with Gasteiger partial charge < -0.3 is 24.8 Å². The first kappa shape index (κ1) is 25.3. The second kappa shape index (κ2) is 10.7. The lowest BCUT2D eigenvalue weighted by Gasteiger charge is -2.39. The molecular weight excluding hydrogens is 462 g/mol. The first-order chi connectivity index (χ1) is 16.1. The summed E-state index contributed by atoms with van der Waals surface area (Å²) in [5, 5.41) is 12.5. The van der Waals surface area contributed by atoms with E-state index in [0.29, 0.717) is 25.2 Å². The highest BCUT2D eigenvalue weighted by atomic mass is 32.2. The predicted octanol–water partition coefficient (Wildman–Crippen LogP) is 2.30. The zero-order valence-electron chi connectivity index (χ0n) is 19.3. The maximum absolute atomic E-state index is 12.3. The van der Waals surface area contributed by atoms with Crippen molar-refractivity contribution in [1.82, 2.24) is 5.32 Å². The van der Waals surface area contributed by atoms with Crippen molar-refractivity contribution in [3.63, 3.8) is 0 Å². The lowest BCUT2D eigenvalue weighted by Crippen LogP contribution is -2.55. The molecule has 3 rings (SSSR count). The third-order valence-electron chi connectivity index (χ3n) is 5.79. The van der Waals surface area contributed by atoms with Gasteiger partial charge in [-0.05, 0) is 30.2 Å². The Bertz CT molecular complexity index is 1120. The van der Waals surface area contributed by atoms with Gasteiger partial charge in [0.05, 0.1) is 29.7 Å². The molecule has 2 aromatic rings. The molecule has 0 radical (unpaired) electrons. The third-order valence-corrected chi connectivity index (χ3v) is 6.98. The molecule has 2 aromatic carbocycles. The zero-order chi connectivity index (χ0) is 24.9. The zero-order valence-corrected chi connectivity index (χ0v) is 20.1. The lowest BCUT2D eigenvalue weighted by molar-refractivity contribution is 0.0546. The standard InChI is InChI=1S/C23H29N3O7S/c1-25(34(3,30)31)20-10-9-17(13-18(20)22(27)28)26-12-11-19(21(14-26)32-2)24-23(29)33-15-16-7-5-4-6-8-16/h4-10,13,19,21H,11-12,14-15H2,1-3H3,(H,24,29)(H,27,28)/t19-,21+/m1/s1. The summed E-state index contributed by atoms with van der Waals surface area (Å²) in [6.07, 6.45) is 0.667. The number of rotatable bonds is 8. The van der Waals surface area contributed by atoms with Crippen LogP contribution in [0, 0.1) is 0 Å². The maximum atomic E-state index is 12.3. The summed E-state index contributed by atoms with van der Waals surface area (Å²) in [5.74, 6) is -1.23. The topological polar surface area (TPSA) is 125 Å². The van der Waals surface area contributed by atoms with Crippen LogP contribution in [0.4, 0.5) is 16.2 Å². The number of carboxylic acid groups (broad SMARTS) is 1. The summed E-state index contributed by atoms with van der Waals surface area (Å²) in [5.41, 5.74) is 1.47. The Kier molecular flexibility index (Phi) is 8.00. The van der Waals surface area contributed by atoms with Crippen LogP contribution in [0.25, 0.3) is 0 Å². The molecule has 0 unspecified atom stereocenters. The predicted molar refractivity (Wildman–Crippen MR) is 128 cm³/mol. The molecule has 0 spiro atoms. The molecule has 0 saturated carbocycles. The second-order valence-electron chi connectivity index (χ2n) is 8.06. The first-order valence-electron chi connectivity index (χ1n) is 10.7. The molecule has 0 aromatic heterocycles. The van der Waals surface area contributed by atoms with Gasteiger partial charge in [0, 0.05) is 32.9 Å². The Morgan fingerprint density at radius 3 is 2.53 bits per heavy atom. The number of benzene rings is 2. The second-order valence-corrected chi connectivity index (χ2v) is 10.1. The van der Waals surface area contributed by atoms with E-state index in [4.69, 9.17) is 9.47 Å². The van der Waals surface area contributed by atoms with Gasteiger partial charge >= 0.3 is 12.1 Å². The van der Waals surface area contributed by atoms with Crippen LogP contribution in [0.1, 0.15) is 22.3 Å². The fraction of sp³-hybridized carbons (Fsp3) is 0.391. The number of carboxylic acids is 1. The molecule has 1 saturated heterocycles. The van der Waals surface area contributed by atoms with Gasteiger partial charge in [0.15, 0.2) is 0 Å². The van der Waals surface area contributed by atoms with Gasteiger partial charge in [-0.2, -0.15) is 0 Å². The van der Waals surface area contributed by atoms with Crippen LogP contribution >= 0.6 is 0 Å². The Morgan fingerprint density at radius 2 is 1.91 bits per heavy atom.